The van der Waals surface area contributed by atoms with Gasteiger partial charge in [0.1, 0.15) is 17.2 Å². The fourth-order valence-electron chi connectivity index (χ4n) is 1.84. The number of methoxy groups -OCH3 is 1. The van der Waals surface area contributed by atoms with Gasteiger partial charge < -0.3 is 14.2 Å². The summed E-state index contributed by atoms with van der Waals surface area (Å²) in [7, 11) is 1.65. The molecule has 0 fully saturated rings. The van der Waals surface area contributed by atoms with Crippen LogP contribution in [0.1, 0.15) is 12.0 Å². The molecule has 0 atom stereocenters. The first-order valence-electron chi connectivity index (χ1n) is 6.74. The fourth-order valence-corrected chi connectivity index (χ4v) is 1.84. The highest BCUT2D eigenvalue weighted by Gasteiger charge is 1.98. The highest BCUT2D eigenvalue weighted by molar-refractivity contribution is 5.32. The number of rotatable bonds is 7. The summed E-state index contributed by atoms with van der Waals surface area (Å²) in [5.41, 5.74) is 1.20. The van der Waals surface area contributed by atoms with Gasteiger partial charge in [0.05, 0.1) is 20.3 Å². The zero-order valence-electron chi connectivity index (χ0n) is 12.0. The van der Waals surface area contributed by atoms with Crippen molar-refractivity contribution < 1.29 is 14.2 Å². The predicted molar refractivity (Wildman–Crippen MR) is 79.8 cm³/mol. The van der Waals surface area contributed by atoms with Crippen LogP contribution in [0.2, 0.25) is 0 Å². The van der Waals surface area contributed by atoms with Crippen molar-refractivity contribution in [2.24, 2.45) is 0 Å². The summed E-state index contributed by atoms with van der Waals surface area (Å²) in [6.45, 7) is 3.32. The summed E-state index contributed by atoms with van der Waals surface area (Å²) < 4.78 is 16.5. The number of aryl methyl sites for hydroxylation is 1. The molecule has 0 aliphatic rings. The minimum atomic E-state index is 0.624. The van der Waals surface area contributed by atoms with Crippen LogP contribution in [0.25, 0.3) is 0 Å². The van der Waals surface area contributed by atoms with E-state index >= 15 is 0 Å². The molecule has 0 unspecified atom stereocenters. The monoisotopic (exact) mass is 272 g/mol. The van der Waals surface area contributed by atoms with E-state index in [1.807, 2.05) is 42.5 Å². The van der Waals surface area contributed by atoms with Gasteiger partial charge in [0.2, 0.25) is 0 Å². The zero-order valence-corrected chi connectivity index (χ0v) is 12.0. The molecule has 2 aromatic carbocycles. The van der Waals surface area contributed by atoms with Gasteiger partial charge in [-0.15, -0.1) is 0 Å². The molecule has 3 heteroatoms. The van der Waals surface area contributed by atoms with Crippen molar-refractivity contribution in [1.29, 1.82) is 0 Å². The third kappa shape index (κ3) is 4.50. The van der Waals surface area contributed by atoms with E-state index in [-0.39, 0.29) is 0 Å². The Morgan fingerprint density at radius 3 is 2.05 bits per heavy atom. The molecule has 0 radical (unpaired) electrons. The second-order valence-corrected chi connectivity index (χ2v) is 4.55. The molecule has 0 heterocycles. The second-order valence-electron chi connectivity index (χ2n) is 4.55. The lowest BCUT2D eigenvalue weighted by Gasteiger charge is -2.09. The normalized spacial score (nSPS) is 10.1. The maximum atomic E-state index is 5.66. The van der Waals surface area contributed by atoms with Gasteiger partial charge in [0, 0.05) is 12.5 Å². The van der Waals surface area contributed by atoms with Crippen LogP contribution in [0.3, 0.4) is 0 Å². The minimum absolute atomic E-state index is 0.624. The molecule has 0 aliphatic carbocycles. The third-order valence-corrected chi connectivity index (χ3v) is 2.86. The molecule has 2 aromatic rings. The Hall–Kier alpha value is -2.16. The summed E-state index contributed by atoms with van der Waals surface area (Å²) in [6.07, 6.45) is 0.838. The second kappa shape index (κ2) is 7.43. The average molecular weight is 272 g/mol. The first-order valence-corrected chi connectivity index (χ1v) is 6.74. The molecule has 0 saturated heterocycles. The van der Waals surface area contributed by atoms with Crippen molar-refractivity contribution in [3.05, 3.63) is 54.1 Å². The summed E-state index contributed by atoms with van der Waals surface area (Å²) in [4.78, 5) is 0. The smallest absolute Gasteiger partial charge is 0.122 e. The van der Waals surface area contributed by atoms with Gasteiger partial charge >= 0.3 is 0 Å². The number of ether oxygens (including phenoxy) is 3. The van der Waals surface area contributed by atoms with E-state index < -0.39 is 0 Å². The Bertz CT molecular complexity index is 537. The van der Waals surface area contributed by atoms with E-state index in [9.17, 15) is 0 Å². The van der Waals surface area contributed by atoms with E-state index in [0.717, 1.165) is 23.7 Å². The molecule has 2 rings (SSSR count). The summed E-state index contributed by atoms with van der Waals surface area (Å²) in [6, 6.07) is 15.7. The van der Waals surface area contributed by atoms with E-state index in [2.05, 4.69) is 13.0 Å². The third-order valence-electron chi connectivity index (χ3n) is 2.86. The molecule has 20 heavy (non-hydrogen) atoms. The highest BCUT2D eigenvalue weighted by atomic mass is 16.5. The summed E-state index contributed by atoms with van der Waals surface area (Å²) in [5.74, 6) is 2.53. The average Bonchev–Trinajstić information content (AvgIpc) is 2.47. The quantitative estimate of drug-likeness (QED) is 0.716. The summed E-state index contributed by atoms with van der Waals surface area (Å²) in [5, 5.41) is 0. The van der Waals surface area contributed by atoms with Crippen LogP contribution >= 0.6 is 0 Å². The van der Waals surface area contributed by atoms with Crippen molar-refractivity contribution in [3.8, 4) is 17.2 Å². The maximum Gasteiger partial charge on any atom is 0.122 e. The standard InChI is InChI=1S/C17H20O3/c1-14-6-3-8-16(12-14)19-10-5-11-20-17-9-4-7-15(13-17)18-2/h3-4,6-9,12-13H,5,10-11H2,1-2H3. The van der Waals surface area contributed by atoms with Gasteiger partial charge in [-0.1, -0.05) is 18.2 Å². The Morgan fingerprint density at radius 2 is 1.40 bits per heavy atom. The Labute approximate surface area is 120 Å². The van der Waals surface area contributed by atoms with Crippen LogP contribution < -0.4 is 14.2 Å². The van der Waals surface area contributed by atoms with Gasteiger partial charge in [-0.3, -0.25) is 0 Å². The van der Waals surface area contributed by atoms with Crippen molar-refractivity contribution >= 4 is 0 Å². The first-order chi connectivity index (χ1) is 9.78. The van der Waals surface area contributed by atoms with Crippen molar-refractivity contribution in [2.45, 2.75) is 13.3 Å². The van der Waals surface area contributed by atoms with Crippen molar-refractivity contribution in [1.82, 2.24) is 0 Å². The van der Waals surface area contributed by atoms with Crippen LogP contribution in [-0.2, 0) is 0 Å². The van der Waals surface area contributed by atoms with Crippen LogP contribution in [-0.4, -0.2) is 20.3 Å². The highest BCUT2D eigenvalue weighted by Crippen LogP contribution is 2.19. The van der Waals surface area contributed by atoms with Gasteiger partial charge in [-0.05, 0) is 36.8 Å². The first kappa shape index (κ1) is 14.3. The molecular formula is C17H20O3. The lowest BCUT2D eigenvalue weighted by Crippen LogP contribution is -2.05. The van der Waals surface area contributed by atoms with E-state index in [4.69, 9.17) is 14.2 Å². The van der Waals surface area contributed by atoms with Crippen LogP contribution in [0.5, 0.6) is 17.2 Å². The largest absolute Gasteiger partial charge is 0.497 e. The van der Waals surface area contributed by atoms with Crippen molar-refractivity contribution in [3.63, 3.8) is 0 Å². The number of hydrogen-bond donors (Lipinski definition) is 0. The van der Waals surface area contributed by atoms with E-state index in [0.29, 0.717) is 13.2 Å². The van der Waals surface area contributed by atoms with Crippen molar-refractivity contribution in [2.75, 3.05) is 20.3 Å². The van der Waals surface area contributed by atoms with Crippen LogP contribution in [0.15, 0.2) is 48.5 Å². The topological polar surface area (TPSA) is 27.7 Å². The predicted octanol–water partition coefficient (Wildman–Crippen LogP) is 3.85. The molecule has 3 nitrogen and oxygen atoms in total. The van der Waals surface area contributed by atoms with Gasteiger partial charge in [-0.25, -0.2) is 0 Å². The summed E-state index contributed by atoms with van der Waals surface area (Å²) >= 11 is 0. The SMILES string of the molecule is COc1cccc(OCCCOc2cccc(C)c2)c1. The molecule has 0 N–H and O–H groups in total. The lowest BCUT2D eigenvalue weighted by molar-refractivity contribution is 0.247. The molecule has 0 spiro atoms. The lowest BCUT2D eigenvalue weighted by atomic mass is 10.2. The number of hydrogen-bond acceptors (Lipinski definition) is 3. The Kier molecular flexibility index (Phi) is 5.30. The molecule has 0 bridgehead atoms. The zero-order chi connectivity index (χ0) is 14.2. The molecule has 0 aromatic heterocycles. The molecular weight excluding hydrogens is 252 g/mol. The van der Waals surface area contributed by atoms with Crippen LogP contribution in [0.4, 0.5) is 0 Å². The van der Waals surface area contributed by atoms with Gasteiger partial charge in [-0.2, -0.15) is 0 Å². The maximum absolute atomic E-state index is 5.66. The van der Waals surface area contributed by atoms with E-state index in [1.54, 1.807) is 7.11 Å². The molecule has 0 amide bonds. The number of benzene rings is 2. The minimum Gasteiger partial charge on any atom is -0.497 e. The Balaban J connectivity index is 1.68. The van der Waals surface area contributed by atoms with Crippen LogP contribution in [0, 0.1) is 6.92 Å². The van der Waals surface area contributed by atoms with E-state index in [1.165, 1.54) is 5.56 Å². The van der Waals surface area contributed by atoms with Gasteiger partial charge in [0.25, 0.3) is 0 Å². The molecule has 0 saturated carbocycles. The Morgan fingerprint density at radius 1 is 0.800 bits per heavy atom. The molecule has 106 valence electrons. The molecule has 0 aliphatic heterocycles. The van der Waals surface area contributed by atoms with Gasteiger partial charge in [0.15, 0.2) is 0 Å². The fraction of sp³-hybridized carbons (Fsp3) is 0.294.